The van der Waals surface area contributed by atoms with Gasteiger partial charge in [0.15, 0.2) is 11.5 Å². The number of phenolic OH excluding ortho intramolecular Hbond substituents is 1. The minimum Gasteiger partial charge on any atom is -0.502 e. The first-order valence-corrected chi connectivity index (χ1v) is 7.15. The molecule has 1 fully saturated rings. The fourth-order valence-corrected chi connectivity index (χ4v) is 3.19. The number of hydrogen-bond donors (Lipinski definition) is 2. The van der Waals surface area contributed by atoms with Crippen LogP contribution in [-0.4, -0.2) is 36.9 Å². The molecule has 18 heavy (non-hydrogen) atoms. The summed E-state index contributed by atoms with van der Waals surface area (Å²) in [6.07, 6.45) is 1.22. The third kappa shape index (κ3) is 3.03. The van der Waals surface area contributed by atoms with E-state index in [0.29, 0.717) is 17.5 Å². The number of thioether (sulfide) groups is 1. The summed E-state index contributed by atoms with van der Waals surface area (Å²) < 4.78 is 10.3. The molecular weight excluding hydrogens is 250 g/mol. The summed E-state index contributed by atoms with van der Waals surface area (Å²) in [6, 6.07) is 4.26. The number of aromatic hydroxyl groups is 1. The maximum Gasteiger partial charge on any atom is 0.200 e. The van der Waals surface area contributed by atoms with Gasteiger partial charge in [0.05, 0.1) is 14.2 Å². The van der Waals surface area contributed by atoms with E-state index >= 15 is 0 Å². The maximum absolute atomic E-state index is 9.82. The Morgan fingerprint density at radius 2 is 2.00 bits per heavy atom. The lowest BCUT2D eigenvalue weighted by Crippen LogP contribution is -2.27. The van der Waals surface area contributed by atoms with Crippen molar-refractivity contribution in [2.45, 2.75) is 19.0 Å². The van der Waals surface area contributed by atoms with Crippen LogP contribution in [0.4, 0.5) is 0 Å². The van der Waals surface area contributed by atoms with Gasteiger partial charge in [0.25, 0.3) is 0 Å². The highest BCUT2D eigenvalue weighted by molar-refractivity contribution is 7.99. The monoisotopic (exact) mass is 269 g/mol. The Labute approximate surface area is 112 Å². The molecule has 0 bridgehead atoms. The number of benzene rings is 1. The van der Waals surface area contributed by atoms with Crippen molar-refractivity contribution in [3.05, 3.63) is 17.7 Å². The van der Waals surface area contributed by atoms with Crippen LogP contribution in [0.1, 0.15) is 12.0 Å². The molecule has 1 aromatic rings. The first kappa shape index (κ1) is 13.4. The van der Waals surface area contributed by atoms with E-state index in [0.717, 1.165) is 12.1 Å². The quantitative estimate of drug-likeness (QED) is 0.856. The van der Waals surface area contributed by atoms with E-state index in [1.54, 1.807) is 14.2 Å². The maximum atomic E-state index is 9.82. The Hall–Kier alpha value is -1.07. The highest BCUT2D eigenvalue weighted by Crippen LogP contribution is 2.37. The second-order valence-electron chi connectivity index (χ2n) is 4.29. The molecule has 0 spiro atoms. The van der Waals surface area contributed by atoms with E-state index in [1.807, 2.05) is 23.9 Å². The summed E-state index contributed by atoms with van der Waals surface area (Å²) >= 11 is 1.98. The highest BCUT2D eigenvalue weighted by atomic mass is 32.2. The Balaban J connectivity index is 2.07. The van der Waals surface area contributed by atoms with Gasteiger partial charge in [-0.15, -0.1) is 0 Å². The standard InChI is InChI=1S/C13H19NO3S/c1-16-11-5-9(6-12(17-2)13(11)15)7-14-10-3-4-18-8-10/h5-6,10,14-15H,3-4,7-8H2,1-2H3. The van der Waals surface area contributed by atoms with Gasteiger partial charge >= 0.3 is 0 Å². The fraction of sp³-hybridized carbons (Fsp3) is 0.538. The minimum absolute atomic E-state index is 0.0557. The topological polar surface area (TPSA) is 50.7 Å². The lowest BCUT2D eigenvalue weighted by molar-refractivity contribution is 0.339. The summed E-state index contributed by atoms with van der Waals surface area (Å²) in [4.78, 5) is 0. The second-order valence-corrected chi connectivity index (χ2v) is 5.44. The smallest absolute Gasteiger partial charge is 0.200 e. The molecule has 1 atom stereocenters. The minimum atomic E-state index is 0.0557. The SMILES string of the molecule is COc1cc(CNC2CCSC2)cc(OC)c1O. The van der Waals surface area contributed by atoms with Crippen molar-refractivity contribution in [1.82, 2.24) is 5.32 Å². The molecule has 4 nitrogen and oxygen atoms in total. The van der Waals surface area contributed by atoms with Crippen LogP contribution < -0.4 is 14.8 Å². The summed E-state index contributed by atoms with van der Waals surface area (Å²) in [5, 5.41) is 13.3. The van der Waals surface area contributed by atoms with E-state index < -0.39 is 0 Å². The molecule has 1 aromatic carbocycles. The van der Waals surface area contributed by atoms with E-state index in [1.165, 1.54) is 17.9 Å². The van der Waals surface area contributed by atoms with Crippen LogP contribution >= 0.6 is 11.8 Å². The Morgan fingerprint density at radius 3 is 2.50 bits per heavy atom. The zero-order valence-electron chi connectivity index (χ0n) is 10.7. The van der Waals surface area contributed by atoms with Gasteiger partial charge in [-0.05, 0) is 29.9 Å². The normalized spacial score (nSPS) is 18.9. The number of phenols is 1. The van der Waals surface area contributed by atoms with Gasteiger partial charge in [0.1, 0.15) is 0 Å². The number of hydrogen-bond acceptors (Lipinski definition) is 5. The van der Waals surface area contributed by atoms with Gasteiger partial charge in [0, 0.05) is 18.3 Å². The summed E-state index contributed by atoms with van der Waals surface area (Å²) in [5.41, 5.74) is 1.05. The predicted octanol–water partition coefficient (Wildman–Crippen LogP) is 2.00. The molecule has 0 amide bonds. The number of nitrogens with one attached hydrogen (secondary N) is 1. The molecule has 0 aromatic heterocycles. The van der Waals surface area contributed by atoms with Crippen LogP contribution in [0, 0.1) is 0 Å². The molecule has 100 valence electrons. The second kappa shape index (κ2) is 6.20. The van der Waals surface area contributed by atoms with Gasteiger partial charge in [-0.2, -0.15) is 11.8 Å². The van der Waals surface area contributed by atoms with Crippen LogP contribution in [0.25, 0.3) is 0 Å². The zero-order valence-corrected chi connectivity index (χ0v) is 11.5. The Morgan fingerprint density at radius 1 is 1.33 bits per heavy atom. The van der Waals surface area contributed by atoms with E-state index in [4.69, 9.17) is 9.47 Å². The number of rotatable bonds is 5. The zero-order chi connectivity index (χ0) is 13.0. The lowest BCUT2D eigenvalue weighted by Gasteiger charge is -2.14. The van der Waals surface area contributed by atoms with Gasteiger partial charge in [-0.3, -0.25) is 0 Å². The van der Waals surface area contributed by atoms with Crippen LogP contribution in [0.2, 0.25) is 0 Å². The third-order valence-electron chi connectivity index (χ3n) is 3.06. The van der Waals surface area contributed by atoms with Gasteiger partial charge < -0.3 is 19.9 Å². The average molecular weight is 269 g/mol. The first-order chi connectivity index (χ1) is 8.74. The van der Waals surface area contributed by atoms with Crippen LogP contribution in [0.15, 0.2) is 12.1 Å². The average Bonchev–Trinajstić information content (AvgIpc) is 2.90. The molecule has 0 radical (unpaired) electrons. The van der Waals surface area contributed by atoms with Crippen molar-refractivity contribution in [2.75, 3.05) is 25.7 Å². The molecule has 0 aliphatic carbocycles. The Kier molecular flexibility index (Phi) is 4.60. The molecule has 2 N–H and O–H groups in total. The van der Waals surface area contributed by atoms with Crippen molar-refractivity contribution in [3.8, 4) is 17.2 Å². The molecule has 1 heterocycles. The molecule has 0 saturated carbocycles. The highest BCUT2D eigenvalue weighted by Gasteiger charge is 2.16. The Bertz CT molecular complexity index is 380. The van der Waals surface area contributed by atoms with E-state index in [-0.39, 0.29) is 5.75 Å². The molecule has 1 saturated heterocycles. The van der Waals surface area contributed by atoms with Crippen LogP contribution in [0.5, 0.6) is 17.2 Å². The van der Waals surface area contributed by atoms with Crippen molar-refractivity contribution in [3.63, 3.8) is 0 Å². The van der Waals surface area contributed by atoms with Gasteiger partial charge in [-0.25, -0.2) is 0 Å². The first-order valence-electron chi connectivity index (χ1n) is 5.99. The summed E-state index contributed by atoms with van der Waals surface area (Å²) in [6.45, 7) is 0.762. The molecule has 5 heteroatoms. The van der Waals surface area contributed by atoms with Crippen LogP contribution in [-0.2, 0) is 6.54 Å². The van der Waals surface area contributed by atoms with Crippen molar-refractivity contribution >= 4 is 11.8 Å². The van der Waals surface area contributed by atoms with Crippen molar-refractivity contribution in [1.29, 1.82) is 0 Å². The van der Waals surface area contributed by atoms with Gasteiger partial charge in [-0.1, -0.05) is 0 Å². The van der Waals surface area contributed by atoms with Gasteiger partial charge in [0.2, 0.25) is 5.75 Å². The summed E-state index contributed by atoms with van der Waals surface area (Å²) in [7, 11) is 3.08. The molecular formula is C13H19NO3S. The molecule has 1 aliphatic rings. The van der Waals surface area contributed by atoms with Crippen molar-refractivity contribution in [2.24, 2.45) is 0 Å². The van der Waals surface area contributed by atoms with E-state index in [2.05, 4.69) is 5.32 Å². The van der Waals surface area contributed by atoms with Crippen LogP contribution in [0.3, 0.4) is 0 Å². The fourth-order valence-electron chi connectivity index (χ4n) is 2.01. The van der Waals surface area contributed by atoms with Crippen molar-refractivity contribution < 1.29 is 14.6 Å². The molecule has 1 unspecified atom stereocenters. The predicted molar refractivity (Wildman–Crippen MR) is 73.8 cm³/mol. The molecule has 2 rings (SSSR count). The number of ether oxygens (including phenoxy) is 2. The molecule has 1 aliphatic heterocycles. The third-order valence-corrected chi connectivity index (χ3v) is 4.23. The van der Waals surface area contributed by atoms with E-state index in [9.17, 15) is 5.11 Å². The largest absolute Gasteiger partial charge is 0.502 e. The lowest BCUT2D eigenvalue weighted by atomic mass is 10.1. The summed E-state index contributed by atoms with van der Waals surface area (Å²) in [5.74, 6) is 3.37. The number of methoxy groups -OCH3 is 2.